The molecule has 558 valence electrons. The number of phenolic OH excluding ortho intramolecular Hbond substituents is 3. The van der Waals surface area contributed by atoms with Crippen LogP contribution in [-0.2, 0) is 55.9 Å². The van der Waals surface area contributed by atoms with Gasteiger partial charge in [0.25, 0.3) is 0 Å². The molecule has 0 aliphatic carbocycles. The minimum Gasteiger partial charge on any atom is -0.508 e. The van der Waals surface area contributed by atoms with Gasteiger partial charge >= 0.3 is 5.97 Å². The molecule has 12 rings (SSSR count). The summed E-state index contributed by atoms with van der Waals surface area (Å²) >= 11 is 14.1. The third-order valence-electron chi connectivity index (χ3n) is 17.9. The van der Waals surface area contributed by atoms with Crippen molar-refractivity contribution in [2.45, 2.75) is 158 Å². The number of hydrogen-bond donors (Lipinski definition) is 14. The number of nitrogens with two attached hydrogens (primary N) is 2. The van der Waals surface area contributed by atoms with Crippen molar-refractivity contribution < 1.29 is 125 Å². The molecule has 0 radical (unpaired) electrons. The highest BCUT2D eigenvalue weighted by Crippen LogP contribution is 2.50. The first-order valence-electron chi connectivity index (χ1n) is 32.5. The molecule has 34 heteroatoms. The lowest BCUT2D eigenvalue weighted by Gasteiger charge is -2.47. The van der Waals surface area contributed by atoms with Crippen molar-refractivity contribution in [3.8, 4) is 62.9 Å². The van der Waals surface area contributed by atoms with Crippen LogP contribution in [0.25, 0.3) is 11.1 Å². The molecule has 0 saturated carbocycles. The Labute approximate surface area is 599 Å². The Morgan fingerprint density at radius 1 is 0.760 bits per heavy atom. The van der Waals surface area contributed by atoms with Gasteiger partial charge in [-0.3, -0.25) is 28.8 Å². The normalized spacial score (nSPS) is 26.1. The lowest BCUT2D eigenvalue weighted by molar-refractivity contribution is -0.333. The number of fused-ring (bicyclic) bond motifs is 15. The van der Waals surface area contributed by atoms with Crippen LogP contribution in [-0.4, -0.2) is 156 Å². The zero-order chi connectivity index (χ0) is 75.7. The number of aliphatic hydroxyl groups is 5. The summed E-state index contributed by atoms with van der Waals surface area (Å²) in [5.41, 5.74) is 8.81. The molecule has 0 aromatic heterocycles. The smallest absolute Gasteiger partial charge is 0.326 e. The number of amides is 4. The van der Waals surface area contributed by atoms with E-state index < -0.39 is 245 Å². The largest absolute Gasteiger partial charge is 0.508 e. The first-order valence-corrected chi connectivity index (χ1v) is 33.3. The number of aliphatic hydroxyl groups excluding tert-OH is 5. The first-order chi connectivity index (χ1) is 49.1. The van der Waals surface area contributed by atoms with Crippen LogP contribution >= 0.6 is 23.2 Å². The van der Waals surface area contributed by atoms with Gasteiger partial charge in [-0.15, -0.1) is 0 Å². The number of phenols is 3. The lowest BCUT2D eigenvalue weighted by atomic mass is 9.84. The van der Waals surface area contributed by atoms with Crippen LogP contribution < -0.4 is 51.7 Å². The van der Waals surface area contributed by atoms with Crippen LogP contribution in [0.3, 0.4) is 0 Å². The summed E-state index contributed by atoms with van der Waals surface area (Å²) in [6.45, 7) is 4.70. The number of rotatable bonds is 13. The molecule has 2 fully saturated rings. The molecule has 2 saturated heterocycles. The third kappa shape index (κ3) is 17.0. The number of ketones is 1. The highest BCUT2D eigenvalue weighted by molar-refractivity contribution is 6.32. The Morgan fingerprint density at radius 3 is 2.03 bits per heavy atom. The molecular weight excluding hydrogens is 1430 g/mol. The van der Waals surface area contributed by atoms with Crippen LogP contribution in [0.2, 0.25) is 10.0 Å². The Bertz CT molecular complexity index is 4290. The maximum atomic E-state index is 15.5. The summed E-state index contributed by atoms with van der Waals surface area (Å²) in [6, 6.07) is 9.62. The molecule has 16 N–H and O–H groups in total. The number of primary amides is 1. The molecule has 6 aromatic rings. The van der Waals surface area contributed by atoms with Crippen molar-refractivity contribution in [1.29, 1.82) is 0 Å². The Hall–Kier alpha value is -9.03. The lowest BCUT2D eigenvalue weighted by Crippen LogP contribution is -2.64. The van der Waals surface area contributed by atoms with Crippen LogP contribution in [0.4, 0.5) is 22.0 Å². The number of halogens is 7. The highest BCUT2D eigenvalue weighted by atomic mass is 35.5. The average Bonchev–Trinajstić information content (AvgIpc) is 0.788. The second-order valence-electron chi connectivity index (χ2n) is 26.2. The summed E-state index contributed by atoms with van der Waals surface area (Å²) in [7, 11) is 0. The zero-order valence-corrected chi connectivity index (χ0v) is 57.1. The molecule has 0 spiro atoms. The van der Waals surface area contributed by atoms with E-state index in [0.717, 1.165) is 24.3 Å². The standard InChI is InChI=1S/C70H73Cl2F5N6O21/c1-27(2)5-14-49(90)82-39-25-80-38(22-48(78)89)66(95)83-58-32-18-45(62(46(19-32)100-44-13-9-31(59(39)91)17-37(44)72)104-69-64(61(93)60(92)47(26-84)101-69)102-50-23-70(4,79)65(94)28(3)98-50)99-43-12-8-29(16-36(43)71)6-11-41(87)52(68(97)103-63-56(76)54(74)53(73)55(75)57(63)77)35-20-33(85)21-42(88)51(35)34-15-30(7-10-40(34)86)24-81-67(58)96/h7-10,12-13,15-21,27-28,38-39,47,50,52,58-61,64-65,69,80,84-86,88,91-94H,5-6,11,14,22-26,79H2,1-4H3,(H2,78,89)(H,81,96)(H,82,90)(H,83,95)/t28?,38-,39-,47?,50?,52+,58+,59+,60?,61?,64?,65?,69?,70?/m0/s1. The fourth-order valence-electron chi connectivity index (χ4n) is 12.3. The summed E-state index contributed by atoms with van der Waals surface area (Å²) in [6.07, 6.45) is -16.5. The number of ether oxygens (including phenoxy) is 7. The Morgan fingerprint density at radius 2 is 1.40 bits per heavy atom. The fourth-order valence-corrected chi connectivity index (χ4v) is 12.8. The SMILES string of the molecule is CC(C)CCC(=O)N[C@H]1CN[C@@H](CC(N)=O)C(=O)N[C@H]2C(=O)NCc3ccc(O)c(c3)-c3c(O)cc(O)cc3[C@@H](C(=O)Oc3c(F)c(F)c(F)c(F)c3F)C(=O)CCc3ccc(c(Cl)c3)Oc3cc2cc(c3OC2OC(CO)C(O)C(O)C2OC2CC(C)(N)C(O)C(C)O2)Oc2ccc(cc2Cl)[C@H]1O. The van der Waals surface area contributed by atoms with Crippen molar-refractivity contribution in [3.05, 3.63) is 146 Å². The van der Waals surface area contributed by atoms with Crippen molar-refractivity contribution in [2.75, 3.05) is 13.2 Å². The van der Waals surface area contributed by atoms with E-state index in [9.17, 15) is 73.2 Å². The summed E-state index contributed by atoms with van der Waals surface area (Å²) in [4.78, 5) is 86.5. The van der Waals surface area contributed by atoms with Gasteiger partial charge in [-0.1, -0.05) is 55.2 Å². The van der Waals surface area contributed by atoms with Crippen LogP contribution in [0.5, 0.6) is 51.7 Å². The van der Waals surface area contributed by atoms with E-state index >= 15 is 18.4 Å². The van der Waals surface area contributed by atoms with Gasteiger partial charge in [-0.2, -0.15) is 8.78 Å². The molecule has 4 amide bonds. The number of carbonyl (C=O) groups excluding carboxylic acids is 6. The van der Waals surface area contributed by atoms with E-state index in [1.807, 2.05) is 13.8 Å². The molecule has 6 aliphatic heterocycles. The van der Waals surface area contributed by atoms with Crippen molar-refractivity contribution in [2.24, 2.45) is 17.4 Å². The minimum absolute atomic E-state index is 0.00395. The molecule has 9 bridgehead atoms. The summed E-state index contributed by atoms with van der Waals surface area (Å²) in [5, 5.41) is 102. The molecule has 6 aromatic carbocycles. The second-order valence-corrected chi connectivity index (χ2v) is 27.0. The monoisotopic (exact) mass is 1500 g/mol. The highest BCUT2D eigenvalue weighted by Gasteiger charge is 2.51. The minimum atomic E-state index is -2.63. The van der Waals surface area contributed by atoms with Gasteiger partial charge in [0.1, 0.15) is 65.1 Å². The van der Waals surface area contributed by atoms with Crippen molar-refractivity contribution >= 4 is 58.6 Å². The van der Waals surface area contributed by atoms with Gasteiger partial charge in [-0.25, -0.2) is 13.2 Å². The van der Waals surface area contributed by atoms with Gasteiger partial charge in [-0.05, 0) is 115 Å². The Kier molecular flexibility index (Phi) is 24.0. The molecule has 104 heavy (non-hydrogen) atoms. The predicted molar refractivity (Wildman–Crippen MR) is 354 cm³/mol. The molecule has 27 nitrogen and oxygen atoms in total. The topological polar surface area (TPSA) is 429 Å². The number of aryl methyl sites for hydroxylation is 1. The van der Waals surface area contributed by atoms with Gasteiger partial charge in [0, 0.05) is 55.1 Å². The van der Waals surface area contributed by atoms with Crippen LogP contribution in [0.15, 0.2) is 78.9 Å². The van der Waals surface area contributed by atoms with E-state index in [0.29, 0.717) is 18.6 Å². The quantitative estimate of drug-likeness (QED) is 0.0158. The second kappa shape index (κ2) is 32.1. The van der Waals surface area contributed by atoms with E-state index in [1.54, 1.807) is 0 Å². The van der Waals surface area contributed by atoms with E-state index in [-0.39, 0.29) is 62.6 Å². The number of carbonyl (C=O) groups is 6. The van der Waals surface area contributed by atoms with E-state index in [4.69, 9.17) is 67.8 Å². The number of nitrogens with one attached hydrogen (secondary N) is 4. The van der Waals surface area contributed by atoms with E-state index in [1.165, 1.54) is 56.3 Å². The van der Waals surface area contributed by atoms with Crippen LogP contribution in [0.1, 0.15) is 106 Å². The first kappa shape index (κ1) is 77.6. The average molecular weight is 1500 g/mol. The molecule has 14 atom stereocenters. The van der Waals surface area contributed by atoms with Crippen LogP contribution in [0, 0.1) is 35.0 Å². The number of Topliss-reactive ketones (excluding diaryl/α,β-unsaturated/α-hetero) is 1. The number of aromatic hydroxyl groups is 3. The molecule has 9 unspecified atom stereocenters. The number of esters is 1. The number of hydrogen-bond acceptors (Lipinski definition) is 23. The zero-order valence-electron chi connectivity index (χ0n) is 55.6. The summed E-state index contributed by atoms with van der Waals surface area (Å²) < 4.78 is 117. The maximum Gasteiger partial charge on any atom is 0.326 e. The van der Waals surface area contributed by atoms with Gasteiger partial charge in [0.05, 0.1) is 47.4 Å². The van der Waals surface area contributed by atoms with Crippen molar-refractivity contribution in [3.63, 3.8) is 0 Å². The fraction of sp³-hybridized carbons (Fsp3) is 0.400. The third-order valence-corrected chi connectivity index (χ3v) is 18.5. The maximum absolute atomic E-state index is 15.5. The molecule has 6 heterocycles. The Balaban J connectivity index is 1.18. The van der Waals surface area contributed by atoms with Gasteiger partial charge < -0.3 is 107 Å². The predicted octanol–water partition coefficient (Wildman–Crippen LogP) is 5.95. The molecular formula is C70H73Cl2F5N6O21. The van der Waals surface area contributed by atoms with Gasteiger partial charge in [0.2, 0.25) is 70.5 Å². The van der Waals surface area contributed by atoms with E-state index in [2.05, 4.69) is 21.3 Å². The molecule has 6 aliphatic rings. The van der Waals surface area contributed by atoms with Crippen molar-refractivity contribution in [1.82, 2.24) is 21.3 Å². The number of benzene rings is 6. The summed E-state index contributed by atoms with van der Waals surface area (Å²) in [5.74, 6) is -29.7. The van der Waals surface area contributed by atoms with Gasteiger partial charge in [0.15, 0.2) is 29.7 Å².